The second-order valence-corrected chi connectivity index (χ2v) is 7.57. The van der Waals surface area contributed by atoms with Gasteiger partial charge >= 0.3 is 0 Å². The van der Waals surface area contributed by atoms with Crippen LogP contribution in [-0.4, -0.2) is 79.7 Å². The SMILES string of the molecule is NCC(=O)Nc1ccc(CC[N+]23CC[N+](CC(N)=O)(CC2)CC3)cc1. The molecule has 0 aromatic heterocycles. The number of hydrogen-bond acceptors (Lipinski definition) is 3. The first kappa shape index (κ1) is 17.8. The predicted octanol–water partition coefficient (Wildman–Crippen LogP) is -0.728. The van der Waals surface area contributed by atoms with Crippen molar-refractivity contribution >= 4 is 17.5 Å². The quantitative estimate of drug-likeness (QED) is 0.567. The van der Waals surface area contributed by atoms with E-state index in [0.29, 0.717) is 6.54 Å². The molecule has 0 spiro atoms. The maximum absolute atomic E-state index is 11.3. The van der Waals surface area contributed by atoms with Crippen LogP contribution in [0.2, 0.25) is 0 Å². The molecule has 2 bridgehead atoms. The van der Waals surface area contributed by atoms with Gasteiger partial charge in [-0.2, -0.15) is 0 Å². The van der Waals surface area contributed by atoms with Gasteiger partial charge in [0.2, 0.25) is 5.91 Å². The number of primary amides is 1. The van der Waals surface area contributed by atoms with Crippen LogP contribution in [0, 0.1) is 0 Å². The number of carbonyl (C=O) groups excluding carboxylic acids is 2. The molecular formula is C18H29N5O2+2. The molecule has 5 N–H and O–H groups in total. The van der Waals surface area contributed by atoms with Crippen molar-refractivity contribution in [3.8, 4) is 0 Å². The fourth-order valence-corrected chi connectivity index (χ4v) is 4.18. The fraction of sp³-hybridized carbons (Fsp3) is 0.556. The summed E-state index contributed by atoms with van der Waals surface area (Å²) < 4.78 is 2.05. The number of fused-ring (bicyclic) bond motifs is 3. The summed E-state index contributed by atoms with van der Waals surface area (Å²) in [5.74, 6) is -0.353. The van der Waals surface area contributed by atoms with E-state index in [2.05, 4.69) is 17.4 Å². The van der Waals surface area contributed by atoms with Crippen LogP contribution < -0.4 is 16.8 Å². The molecule has 3 fully saturated rings. The van der Waals surface area contributed by atoms with Crippen molar-refractivity contribution < 1.29 is 18.6 Å². The smallest absolute Gasteiger partial charge is 0.272 e. The van der Waals surface area contributed by atoms with E-state index in [0.717, 1.165) is 66.9 Å². The Morgan fingerprint density at radius 3 is 2.04 bits per heavy atom. The average molecular weight is 347 g/mol. The normalized spacial score (nSPS) is 27.9. The summed E-state index contributed by atoms with van der Waals surface area (Å²) in [4.78, 5) is 22.6. The van der Waals surface area contributed by atoms with E-state index >= 15 is 0 Å². The lowest BCUT2D eigenvalue weighted by Gasteiger charge is -2.55. The average Bonchev–Trinajstić information content (AvgIpc) is 2.62. The van der Waals surface area contributed by atoms with Crippen molar-refractivity contribution in [1.29, 1.82) is 0 Å². The molecule has 0 atom stereocenters. The van der Waals surface area contributed by atoms with Crippen LogP contribution in [0.1, 0.15) is 5.56 Å². The molecule has 7 nitrogen and oxygen atoms in total. The number of amides is 2. The minimum Gasteiger partial charge on any atom is -0.365 e. The maximum atomic E-state index is 11.3. The number of piperazine rings is 3. The van der Waals surface area contributed by atoms with Crippen LogP contribution in [0.4, 0.5) is 5.69 Å². The highest BCUT2D eigenvalue weighted by atomic mass is 16.2. The Bertz CT molecular complexity index is 619. The molecule has 3 aliphatic heterocycles. The van der Waals surface area contributed by atoms with Crippen molar-refractivity contribution in [2.24, 2.45) is 11.5 Å². The fourth-order valence-electron chi connectivity index (χ4n) is 4.18. The van der Waals surface area contributed by atoms with E-state index in [1.807, 2.05) is 12.1 Å². The lowest BCUT2D eigenvalue weighted by molar-refractivity contribution is -1.08. The third kappa shape index (κ3) is 4.18. The van der Waals surface area contributed by atoms with Crippen molar-refractivity contribution in [1.82, 2.24) is 0 Å². The van der Waals surface area contributed by atoms with Crippen LogP contribution in [0.3, 0.4) is 0 Å². The van der Waals surface area contributed by atoms with Crippen molar-refractivity contribution in [2.75, 3.05) is 64.2 Å². The number of quaternary nitrogens is 2. The Morgan fingerprint density at radius 1 is 0.960 bits per heavy atom. The molecule has 1 aromatic rings. The molecule has 3 aliphatic rings. The number of nitrogens with one attached hydrogen (secondary N) is 1. The van der Waals surface area contributed by atoms with E-state index in [4.69, 9.17) is 11.5 Å². The van der Waals surface area contributed by atoms with Gasteiger partial charge in [0.1, 0.15) is 39.3 Å². The van der Waals surface area contributed by atoms with Gasteiger partial charge in [0.15, 0.2) is 6.54 Å². The number of nitrogens with two attached hydrogens (primary N) is 2. The molecule has 3 heterocycles. The summed E-state index contributed by atoms with van der Waals surface area (Å²) in [6.45, 7) is 8.22. The van der Waals surface area contributed by atoms with E-state index in [1.54, 1.807) is 0 Å². The Labute approximate surface area is 148 Å². The molecular weight excluding hydrogens is 318 g/mol. The summed E-state index contributed by atoms with van der Waals surface area (Å²) in [5.41, 5.74) is 12.8. The molecule has 4 rings (SSSR count). The summed E-state index contributed by atoms with van der Waals surface area (Å²) in [5, 5.41) is 2.76. The molecule has 1 aromatic carbocycles. The third-order valence-corrected chi connectivity index (χ3v) is 5.94. The van der Waals surface area contributed by atoms with Gasteiger partial charge in [0.05, 0.1) is 13.1 Å². The van der Waals surface area contributed by atoms with Crippen LogP contribution in [0.5, 0.6) is 0 Å². The molecule has 7 heteroatoms. The van der Waals surface area contributed by atoms with Gasteiger partial charge in [-0.25, -0.2) is 0 Å². The zero-order valence-electron chi connectivity index (χ0n) is 14.7. The summed E-state index contributed by atoms with van der Waals surface area (Å²) in [6.07, 6.45) is 1.03. The van der Waals surface area contributed by atoms with Crippen molar-refractivity contribution in [3.63, 3.8) is 0 Å². The van der Waals surface area contributed by atoms with E-state index in [1.165, 1.54) is 5.56 Å². The molecule has 0 unspecified atom stereocenters. The van der Waals surface area contributed by atoms with Crippen LogP contribution in [0.15, 0.2) is 24.3 Å². The Balaban J connectivity index is 1.53. The summed E-state index contributed by atoms with van der Waals surface area (Å²) in [7, 11) is 0. The van der Waals surface area contributed by atoms with Crippen molar-refractivity contribution in [2.45, 2.75) is 6.42 Å². The van der Waals surface area contributed by atoms with Gasteiger partial charge in [-0.15, -0.1) is 0 Å². The number of rotatable bonds is 7. The minimum absolute atomic E-state index is 0.00248. The molecule has 25 heavy (non-hydrogen) atoms. The molecule has 2 amide bonds. The van der Waals surface area contributed by atoms with Crippen LogP contribution >= 0.6 is 0 Å². The molecule has 3 saturated heterocycles. The number of carbonyl (C=O) groups is 2. The first-order valence-corrected chi connectivity index (χ1v) is 9.02. The van der Waals surface area contributed by atoms with E-state index < -0.39 is 0 Å². The highest BCUT2D eigenvalue weighted by molar-refractivity contribution is 5.92. The van der Waals surface area contributed by atoms with Crippen LogP contribution in [-0.2, 0) is 16.0 Å². The Hall–Kier alpha value is -1.96. The topological polar surface area (TPSA) is 98.2 Å². The molecule has 0 aliphatic carbocycles. The van der Waals surface area contributed by atoms with Gasteiger partial charge in [-0.05, 0) is 17.7 Å². The van der Waals surface area contributed by atoms with Crippen LogP contribution in [0.25, 0.3) is 0 Å². The highest BCUT2D eigenvalue weighted by Gasteiger charge is 2.49. The lowest BCUT2D eigenvalue weighted by atomic mass is 10.0. The van der Waals surface area contributed by atoms with Gasteiger partial charge in [0.25, 0.3) is 5.91 Å². The lowest BCUT2D eigenvalue weighted by Crippen LogP contribution is -2.76. The molecule has 0 saturated carbocycles. The second-order valence-electron chi connectivity index (χ2n) is 7.57. The first-order chi connectivity index (χ1) is 11.9. The van der Waals surface area contributed by atoms with Gasteiger partial charge in [-0.3, -0.25) is 9.59 Å². The third-order valence-electron chi connectivity index (χ3n) is 5.94. The monoisotopic (exact) mass is 347 g/mol. The zero-order chi connectivity index (χ0) is 17.9. The number of anilines is 1. The maximum Gasteiger partial charge on any atom is 0.272 e. The van der Waals surface area contributed by atoms with E-state index in [-0.39, 0.29) is 18.4 Å². The standard InChI is InChI=1S/C18H27N5O2/c19-13-18(25)21-16-3-1-15(2-4-16)5-6-22-7-10-23(11-8-22,12-9-22)14-17(20)24/h1-4H,5-14,19H2,(H-2,20,21,24,25)/p+2. The largest absolute Gasteiger partial charge is 0.365 e. The minimum atomic E-state index is -0.177. The number of benzene rings is 1. The van der Waals surface area contributed by atoms with E-state index in [9.17, 15) is 9.59 Å². The van der Waals surface area contributed by atoms with Gasteiger partial charge < -0.3 is 25.8 Å². The number of nitrogens with zero attached hydrogens (tertiary/aromatic N) is 2. The highest BCUT2D eigenvalue weighted by Crippen LogP contribution is 2.27. The summed E-state index contributed by atoms with van der Waals surface area (Å²) in [6, 6.07) is 8.02. The summed E-state index contributed by atoms with van der Waals surface area (Å²) >= 11 is 0. The van der Waals surface area contributed by atoms with Gasteiger partial charge in [0, 0.05) is 12.1 Å². The Morgan fingerprint density at radius 2 is 1.52 bits per heavy atom. The molecule has 136 valence electrons. The first-order valence-electron chi connectivity index (χ1n) is 9.02. The molecule has 0 radical (unpaired) electrons. The van der Waals surface area contributed by atoms with Gasteiger partial charge in [-0.1, -0.05) is 12.1 Å². The second kappa shape index (κ2) is 7.11. The predicted molar refractivity (Wildman–Crippen MR) is 96.5 cm³/mol. The van der Waals surface area contributed by atoms with Crippen molar-refractivity contribution in [3.05, 3.63) is 29.8 Å². The zero-order valence-corrected chi connectivity index (χ0v) is 14.7. The number of hydrogen-bond donors (Lipinski definition) is 3. The Kier molecular flexibility index (Phi) is 5.08.